The summed E-state index contributed by atoms with van der Waals surface area (Å²) in [7, 11) is 1.62. The van der Waals surface area contributed by atoms with E-state index in [1.807, 2.05) is 36.4 Å². The van der Waals surface area contributed by atoms with E-state index in [0.717, 1.165) is 37.5 Å². The second kappa shape index (κ2) is 7.64. The standard InChI is InChI=1S/C19H23FN2O2/c1-24-16-6-4-5-15(13-16)19(23)14-21-9-11-22(12-10-21)18-8-3-2-7-17(18)20/h2-8,13,19,23H,9-12,14H2,1H3. The van der Waals surface area contributed by atoms with Crippen LogP contribution in [0.4, 0.5) is 10.1 Å². The Kier molecular flexibility index (Phi) is 5.33. The summed E-state index contributed by atoms with van der Waals surface area (Å²) >= 11 is 0. The number of anilines is 1. The van der Waals surface area contributed by atoms with Crippen LogP contribution in [0.3, 0.4) is 0 Å². The third-order valence-corrected chi connectivity index (χ3v) is 4.48. The number of hydrogen-bond donors (Lipinski definition) is 1. The monoisotopic (exact) mass is 330 g/mol. The molecule has 0 radical (unpaired) electrons. The van der Waals surface area contributed by atoms with Gasteiger partial charge in [0.15, 0.2) is 0 Å². The third-order valence-electron chi connectivity index (χ3n) is 4.48. The third kappa shape index (κ3) is 3.86. The van der Waals surface area contributed by atoms with Crippen molar-refractivity contribution in [2.75, 3.05) is 44.7 Å². The maximum absolute atomic E-state index is 13.9. The van der Waals surface area contributed by atoms with E-state index in [1.54, 1.807) is 13.2 Å². The molecule has 1 unspecified atom stereocenters. The van der Waals surface area contributed by atoms with Crippen molar-refractivity contribution in [3.63, 3.8) is 0 Å². The number of piperazine rings is 1. The molecule has 24 heavy (non-hydrogen) atoms. The average molecular weight is 330 g/mol. The number of halogens is 1. The van der Waals surface area contributed by atoms with Crippen molar-refractivity contribution in [1.29, 1.82) is 0 Å². The van der Waals surface area contributed by atoms with Gasteiger partial charge in [-0.15, -0.1) is 0 Å². The van der Waals surface area contributed by atoms with Crippen molar-refractivity contribution in [3.05, 3.63) is 59.9 Å². The molecular formula is C19H23FN2O2. The number of nitrogens with zero attached hydrogens (tertiary/aromatic N) is 2. The lowest BCUT2D eigenvalue weighted by Crippen LogP contribution is -2.47. The van der Waals surface area contributed by atoms with E-state index in [4.69, 9.17) is 4.74 Å². The zero-order chi connectivity index (χ0) is 16.9. The van der Waals surface area contributed by atoms with Crippen molar-refractivity contribution in [2.45, 2.75) is 6.10 Å². The van der Waals surface area contributed by atoms with Crippen molar-refractivity contribution < 1.29 is 14.2 Å². The van der Waals surface area contributed by atoms with Crippen LogP contribution in [0.5, 0.6) is 5.75 Å². The number of β-amino-alcohol motifs (C(OH)–C–C–N with tert-alkyl or cyclic N) is 1. The van der Waals surface area contributed by atoms with Crippen LogP contribution in [0.1, 0.15) is 11.7 Å². The zero-order valence-electron chi connectivity index (χ0n) is 13.9. The van der Waals surface area contributed by atoms with Crippen LogP contribution >= 0.6 is 0 Å². The fraction of sp³-hybridized carbons (Fsp3) is 0.368. The van der Waals surface area contributed by atoms with Crippen molar-refractivity contribution in [1.82, 2.24) is 4.90 Å². The van der Waals surface area contributed by atoms with E-state index >= 15 is 0 Å². The van der Waals surface area contributed by atoms with Crippen molar-refractivity contribution >= 4 is 5.69 Å². The lowest BCUT2D eigenvalue weighted by Gasteiger charge is -2.37. The van der Waals surface area contributed by atoms with Crippen LogP contribution in [0.15, 0.2) is 48.5 Å². The molecule has 128 valence electrons. The molecule has 0 saturated carbocycles. The zero-order valence-corrected chi connectivity index (χ0v) is 13.9. The molecule has 0 spiro atoms. The topological polar surface area (TPSA) is 35.9 Å². The van der Waals surface area contributed by atoms with Gasteiger partial charge in [0.2, 0.25) is 0 Å². The van der Waals surface area contributed by atoms with Gasteiger partial charge >= 0.3 is 0 Å². The Hall–Kier alpha value is -2.11. The number of para-hydroxylation sites is 1. The molecule has 1 aliphatic heterocycles. The minimum absolute atomic E-state index is 0.178. The summed E-state index contributed by atoms with van der Waals surface area (Å²) in [5, 5.41) is 10.4. The molecule has 1 saturated heterocycles. The number of benzene rings is 2. The lowest BCUT2D eigenvalue weighted by atomic mass is 10.1. The summed E-state index contributed by atoms with van der Waals surface area (Å²) < 4.78 is 19.1. The number of hydrogen-bond acceptors (Lipinski definition) is 4. The van der Waals surface area contributed by atoms with Crippen LogP contribution in [0.2, 0.25) is 0 Å². The van der Waals surface area contributed by atoms with Gasteiger partial charge in [-0.2, -0.15) is 0 Å². The van der Waals surface area contributed by atoms with Gasteiger partial charge in [0, 0.05) is 32.7 Å². The maximum atomic E-state index is 13.9. The smallest absolute Gasteiger partial charge is 0.146 e. The van der Waals surface area contributed by atoms with Crippen LogP contribution in [-0.4, -0.2) is 49.8 Å². The Bertz CT molecular complexity index is 672. The average Bonchev–Trinajstić information content (AvgIpc) is 2.63. The van der Waals surface area contributed by atoms with Gasteiger partial charge in [0.25, 0.3) is 0 Å². The number of methoxy groups -OCH3 is 1. The minimum atomic E-state index is -0.555. The predicted octanol–water partition coefficient (Wildman–Crippen LogP) is 2.69. The molecule has 5 heteroatoms. The fourth-order valence-electron chi connectivity index (χ4n) is 3.08. The molecular weight excluding hydrogens is 307 g/mol. The minimum Gasteiger partial charge on any atom is -0.497 e. The molecule has 0 bridgehead atoms. The van der Waals surface area contributed by atoms with Gasteiger partial charge in [0.1, 0.15) is 11.6 Å². The van der Waals surface area contributed by atoms with E-state index in [0.29, 0.717) is 12.2 Å². The highest BCUT2D eigenvalue weighted by Gasteiger charge is 2.21. The van der Waals surface area contributed by atoms with Gasteiger partial charge in [0.05, 0.1) is 18.9 Å². The highest BCUT2D eigenvalue weighted by molar-refractivity contribution is 5.48. The predicted molar refractivity (Wildman–Crippen MR) is 93.0 cm³/mol. The Morgan fingerprint density at radius 1 is 1.08 bits per heavy atom. The number of ether oxygens (including phenoxy) is 1. The largest absolute Gasteiger partial charge is 0.497 e. The second-order valence-corrected chi connectivity index (χ2v) is 6.03. The normalized spacial score (nSPS) is 16.9. The molecule has 2 aromatic carbocycles. The number of aliphatic hydroxyl groups is 1. The Labute approximate surface area is 142 Å². The van der Waals surface area contributed by atoms with Crippen molar-refractivity contribution in [3.8, 4) is 5.75 Å². The molecule has 1 aliphatic rings. The van der Waals surface area contributed by atoms with Gasteiger partial charge in [-0.05, 0) is 29.8 Å². The molecule has 1 N–H and O–H groups in total. The van der Waals surface area contributed by atoms with Crippen LogP contribution in [-0.2, 0) is 0 Å². The molecule has 2 aromatic rings. The van der Waals surface area contributed by atoms with E-state index in [9.17, 15) is 9.50 Å². The molecule has 1 atom stereocenters. The Morgan fingerprint density at radius 2 is 1.83 bits per heavy atom. The molecule has 0 aliphatic carbocycles. The van der Waals surface area contributed by atoms with Gasteiger partial charge in [-0.3, -0.25) is 4.90 Å². The van der Waals surface area contributed by atoms with Crippen LogP contribution in [0.25, 0.3) is 0 Å². The Balaban J connectivity index is 1.56. The summed E-state index contributed by atoms with van der Waals surface area (Å²) in [6.45, 7) is 3.68. The van der Waals surface area contributed by atoms with Gasteiger partial charge in [-0.1, -0.05) is 24.3 Å². The molecule has 1 heterocycles. The van der Waals surface area contributed by atoms with Crippen molar-refractivity contribution in [2.24, 2.45) is 0 Å². The molecule has 0 aromatic heterocycles. The van der Waals surface area contributed by atoms with E-state index in [1.165, 1.54) is 6.07 Å². The highest BCUT2D eigenvalue weighted by Crippen LogP contribution is 2.23. The molecule has 1 fully saturated rings. The van der Waals surface area contributed by atoms with Gasteiger partial charge in [-0.25, -0.2) is 4.39 Å². The van der Waals surface area contributed by atoms with E-state index in [-0.39, 0.29) is 5.82 Å². The van der Waals surface area contributed by atoms with Crippen LogP contribution < -0.4 is 9.64 Å². The van der Waals surface area contributed by atoms with Crippen LogP contribution in [0, 0.1) is 5.82 Å². The first-order chi connectivity index (χ1) is 11.7. The van der Waals surface area contributed by atoms with Gasteiger partial charge < -0.3 is 14.7 Å². The summed E-state index contributed by atoms with van der Waals surface area (Å²) in [6, 6.07) is 14.4. The number of rotatable bonds is 5. The maximum Gasteiger partial charge on any atom is 0.146 e. The first kappa shape index (κ1) is 16.7. The summed E-state index contributed by atoms with van der Waals surface area (Å²) in [6.07, 6.45) is -0.555. The van der Waals surface area contributed by atoms with E-state index < -0.39 is 6.10 Å². The summed E-state index contributed by atoms with van der Waals surface area (Å²) in [4.78, 5) is 4.27. The molecule has 3 rings (SSSR count). The molecule has 0 amide bonds. The SMILES string of the molecule is COc1cccc(C(O)CN2CCN(c3ccccc3F)CC2)c1. The lowest BCUT2D eigenvalue weighted by molar-refractivity contribution is 0.109. The fourth-order valence-corrected chi connectivity index (χ4v) is 3.08. The Morgan fingerprint density at radius 3 is 2.54 bits per heavy atom. The summed E-state index contributed by atoms with van der Waals surface area (Å²) in [5.41, 5.74) is 1.51. The first-order valence-electron chi connectivity index (χ1n) is 8.21. The molecule has 4 nitrogen and oxygen atoms in total. The highest BCUT2D eigenvalue weighted by atomic mass is 19.1. The quantitative estimate of drug-likeness (QED) is 0.914. The second-order valence-electron chi connectivity index (χ2n) is 6.03. The summed E-state index contributed by atoms with van der Waals surface area (Å²) in [5.74, 6) is 0.568. The number of aliphatic hydroxyl groups excluding tert-OH is 1. The van der Waals surface area contributed by atoms with E-state index in [2.05, 4.69) is 9.80 Å². The first-order valence-corrected chi connectivity index (χ1v) is 8.21.